The van der Waals surface area contributed by atoms with E-state index >= 15 is 0 Å². The second kappa shape index (κ2) is 6.26. The number of carbonyl (C=O) groups is 4. The third kappa shape index (κ3) is 3.57. The molecule has 2 aliphatic heterocycles. The fourth-order valence-corrected chi connectivity index (χ4v) is 7.99. The Kier molecular flexibility index (Phi) is 4.99. The number of hydrogen-bond acceptors (Lipinski definition) is 10. The van der Waals surface area contributed by atoms with Crippen molar-refractivity contribution in [1.29, 1.82) is 0 Å². The number of nitrogens with one attached hydrogen (secondary N) is 2. The molecule has 2 aliphatic rings. The molecule has 12 nitrogen and oxygen atoms in total. The highest BCUT2D eigenvalue weighted by molar-refractivity contribution is 8.77. The van der Waals surface area contributed by atoms with Crippen molar-refractivity contribution >= 4 is 65.5 Å². The largest absolute Gasteiger partial charge is 0.294 e. The molecular weight excluding hydrogens is 412 g/mol. The molecule has 0 aromatic heterocycles. The zero-order chi connectivity index (χ0) is 18.4. The van der Waals surface area contributed by atoms with Gasteiger partial charge in [-0.05, 0) is 0 Å². The van der Waals surface area contributed by atoms with E-state index in [2.05, 4.69) is 0 Å². The molecule has 4 amide bonds. The van der Waals surface area contributed by atoms with Gasteiger partial charge in [0.25, 0.3) is 20.2 Å². The predicted molar refractivity (Wildman–Crippen MR) is 79.7 cm³/mol. The maximum absolute atomic E-state index is 11.6. The van der Waals surface area contributed by atoms with Crippen molar-refractivity contribution in [3.8, 4) is 0 Å². The minimum Gasteiger partial charge on any atom is -0.294 e. The molecule has 0 aliphatic carbocycles. The van der Waals surface area contributed by atoms with Crippen LogP contribution in [0.3, 0.4) is 0 Å². The van der Waals surface area contributed by atoms with Crippen LogP contribution in [-0.4, -0.2) is 70.6 Å². The molecule has 0 aromatic carbocycles. The van der Waals surface area contributed by atoms with E-state index in [4.69, 9.17) is 9.11 Å². The topological polar surface area (TPSA) is 201 Å². The first-order valence-corrected chi connectivity index (χ1v) is 11.1. The van der Waals surface area contributed by atoms with Crippen molar-refractivity contribution in [2.24, 2.45) is 0 Å². The van der Waals surface area contributed by atoms with Crippen molar-refractivity contribution in [3.63, 3.8) is 0 Å². The molecular formula is C8H8N2O10S4. The van der Waals surface area contributed by atoms with Crippen molar-refractivity contribution in [1.82, 2.24) is 10.6 Å². The van der Waals surface area contributed by atoms with Gasteiger partial charge in [0.1, 0.15) is 10.5 Å². The summed E-state index contributed by atoms with van der Waals surface area (Å²) in [5.74, 6) is -4.71. The molecule has 16 heteroatoms. The Balaban J connectivity index is 2.22. The lowest BCUT2D eigenvalue weighted by molar-refractivity contribution is -0.126. The highest BCUT2D eigenvalue weighted by atomic mass is 33.1. The monoisotopic (exact) mass is 420 g/mol. The molecule has 2 saturated heterocycles. The van der Waals surface area contributed by atoms with Crippen molar-refractivity contribution in [2.75, 3.05) is 0 Å². The van der Waals surface area contributed by atoms with Gasteiger partial charge in [-0.15, -0.1) is 0 Å². The average Bonchev–Trinajstić information content (AvgIpc) is 2.81. The number of hydrogen-bond donors (Lipinski definition) is 4. The van der Waals surface area contributed by atoms with Crippen LogP contribution in [0, 0.1) is 0 Å². The molecule has 0 bridgehead atoms. The Morgan fingerprint density at radius 1 is 0.667 bits per heavy atom. The van der Waals surface area contributed by atoms with Gasteiger partial charge in [0.15, 0.2) is 10.5 Å². The summed E-state index contributed by atoms with van der Waals surface area (Å²) in [6.07, 6.45) is 0. The Labute approximate surface area is 142 Å². The lowest BCUT2D eigenvalue weighted by Gasteiger charge is -2.15. The van der Waals surface area contributed by atoms with Gasteiger partial charge in [0, 0.05) is 0 Å². The smallest absolute Gasteiger partial charge is 0.278 e. The van der Waals surface area contributed by atoms with Crippen LogP contribution < -0.4 is 10.6 Å². The van der Waals surface area contributed by atoms with Crippen LogP contribution in [0.1, 0.15) is 0 Å². The SMILES string of the molecule is O=C1NC(=O)C(S(=O)(=O)O)C1SSC1C(=O)NC(=O)C1S(=O)(=O)O. The first kappa shape index (κ1) is 19.1. The molecule has 134 valence electrons. The normalized spacial score (nSPS) is 31.2. The van der Waals surface area contributed by atoms with E-state index in [9.17, 15) is 36.0 Å². The third-order valence-electron chi connectivity index (χ3n) is 2.98. The molecule has 4 N–H and O–H groups in total. The highest BCUT2D eigenvalue weighted by Crippen LogP contribution is 2.40. The number of amides is 4. The quantitative estimate of drug-likeness (QED) is 0.199. The molecule has 4 atom stereocenters. The van der Waals surface area contributed by atoms with Crippen molar-refractivity contribution < 1.29 is 45.1 Å². The second-order valence-corrected chi connectivity index (χ2v) is 10.2. The molecule has 2 fully saturated rings. The summed E-state index contributed by atoms with van der Waals surface area (Å²) >= 11 is 0. The van der Waals surface area contributed by atoms with Gasteiger partial charge in [-0.1, -0.05) is 21.6 Å². The summed E-state index contributed by atoms with van der Waals surface area (Å²) in [5.41, 5.74) is 0. The van der Waals surface area contributed by atoms with Crippen LogP contribution in [0.15, 0.2) is 0 Å². The van der Waals surface area contributed by atoms with E-state index in [0.717, 1.165) is 0 Å². The van der Waals surface area contributed by atoms with Gasteiger partial charge in [-0.3, -0.25) is 38.9 Å². The Bertz CT molecular complexity index is 763. The van der Waals surface area contributed by atoms with Gasteiger partial charge in [0.05, 0.1) is 0 Å². The molecule has 0 spiro atoms. The maximum Gasteiger partial charge on any atom is 0.278 e. The molecule has 2 rings (SSSR count). The molecule has 2 heterocycles. The summed E-state index contributed by atoms with van der Waals surface area (Å²) in [6, 6.07) is 0. The fourth-order valence-electron chi connectivity index (χ4n) is 1.97. The van der Waals surface area contributed by atoms with E-state index in [-0.39, 0.29) is 0 Å². The second-order valence-electron chi connectivity index (χ2n) is 4.61. The summed E-state index contributed by atoms with van der Waals surface area (Å²) < 4.78 is 62.8. The minimum absolute atomic E-state index is 0.310. The average molecular weight is 420 g/mol. The summed E-state index contributed by atoms with van der Waals surface area (Å²) in [4.78, 5) is 46.0. The Hall–Kier alpha value is -1.20. The van der Waals surface area contributed by atoms with Crippen LogP contribution >= 0.6 is 21.6 Å². The zero-order valence-corrected chi connectivity index (χ0v) is 14.4. The molecule has 24 heavy (non-hydrogen) atoms. The summed E-state index contributed by atoms with van der Waals surface area (Å²) in [5, 5.41) is -4.30. The number of imide groups is 2. The van der Waals surface area contributed by atoms with Gasteiger partial charge in [0.2, 0.25) is 23.6 Å². The van der Waals surface area contributed by atoms with Gasteiger partial charge in [-0.25, -0.2) is 0 Å². The lowest BCUT2D eigenvalue weighted by Crippen LogP contribution is -2.36. The summed E-state index contributed by atoms with van der Waals surface area (Å²) in [7, 11) is -9.28. The van der Waals surface area contributed by atoms with Crippen LogP contribution in [0.5, 0.6) is 0 Å². The predicted octanol–water partition coefficient (Wildman–Crippen LogP) is -3.07. The number of carbonyl (C=O) groups excluding carboxylic acids is 4. The van der Waals surface area contributed by atoms with Gasteiger partial charge < -0.3 is 0 Å². The van der Waals surface area contributed by atoms with Crippen LogP contribution in [0.25, 0.3) is 0 Å². The minimum atomic E-state index is -4.95. The standard InChI is InChI=1S/C8H8N2O10S4/c11-5-1(3(7(13)9-5)23(15,16)17)21-22-2-4(24(18,19)20)8(14)10-6(2)12/h1-4H,(H,9,11,13)(H,10,12,14)(H,15,16,17)(H,18,19,20). The van der Waals surface area contributed by atoms with Gasteiger partial charge >= 0.3 is 0 Å². The van der Waals surface area contributed by atoms with Crippen LogP contribution in [0.2, 0.25) is 0 Å². The first-order valence-electron chi connectivity index (χ1n) is 5.78. The third-order valence-corrected chi connectivity index (χ3v) is 8.66. The lowest BCUT2D eigenvalue weighted by atomic mass is 10.3. The molecule has 0 aromatic rings. The van der Waals surface area contributed by atoms with E-state index in [1.54, 1.807) is 10.6 Å². The number of rotatable bonds is 5. The Morgan fingerprint density at radius 3 is 1.21 bits per heavy atom. The Morgan fingerprint density at radius 2 is 0.958 bits per heavy atom. The van der Waals surface area contributed by atoms with Crippen LogP contribution in [-0.2, 0) is 39.4 Å². The van der Waals surface area contributed by atoms with E-state index < -0.39 is 64.9 Å². The van der Waals surface area contributed by atoms with E-state index in [1.807, 2.05) is 0 Å². The van der Waals surface area contributed by atoms with Crippen molar-refractivity contribution in [3.05, 3.63) is 0 Å². The van der Waals surface area contributed by atoms with Crippen molar-refractivity contribution in [2.45, 2.75) is 21.0 Å². The zero-order valence-electron chi connectivity index (χ0n) is 11.1. The summed E-state index contributed by atoms with van der Waals surface area (Å²) in [6.45, 7) is 0. The highest BCUT2D eigenvalue weighted by Gasteiger charge is 2.53. The first-order chi connectivity index (χ1) is 10.8. The molecule has 4 unspecified atom stereocenters. The van der Waals surface area contributed by atoms with Gasteiger partial charge in [-0.2, -0.15) is 16.8 Å². The van der Waals surface area contributed by atoms with E-state index in [1.165, 1.54) is 0 Å². The molecule has 0 radical (unpaired) electrons. The van der Waals surface area contributed by atoms with Crippen LogP contribution in [0.4, 0.5) is 0 Å². The van der Waals surface area contributed by atoms with E-state index in [0.29, 0.717) is 21.6 Å². The maximum atomic E-state index is 11.6. The molecule has 0 saturated carbocycles. The fraction of sp³-hybridized carbons (Fsp3) is 0.500.